The van der Waals surface area contributed by atoms with Crippen molar-refractivity contribution in [1.82, 2.24) is 14.8 Å². The van der Waals surface area contributed by atoms with Crippen LogP contribution in [-0.2, 0) is 31.1 Å². The van der Waals surface area contributed by atoms with E-state index in [2.05, 4.69) is 71.1 Å². The minimum absolute atomic E-state index is 0.291. The Bertz CT molecular complexity index is 1760. The first-order valence-corrected chi connectivity index (χ1v) is 18.0. The summed E-state index contributed by atoms with van der Waals surface area (Å²) in [6.07, 6.45) is 9.57. The van der Waals surface area contributed by atoms with Gasteiger partial charge >= 0.3 is 0 Å². The lowest BCUT2D eigenvalue weighted by Gasteiger charge is -2.27. The van der Waals surface area contributed by atoms with E-state index in [1.54, 1.807) is 18.5 Å². The molecule has 6 rings (SSSR count). The van der Waals surface area contributed by atoms with Crippen LogP contribution >= 0.6 is 11.6 Å². The second-order valence-corrected chi connectivity index (χ2v) is 13.7. The SMILES string of the molecule is Cc1c(COCCN2CCCC2)cccc1-c1cccc(COc2cc(OCc3cncc(C#N)c3)c(CN3CCCCC3)cc2Cl)c1C. The molecule has 8 heteroatoms. The van der Waals surface area contributed by atoms with Gasteiger partial charge in [-0.3, -0.25) is 9.88 Å². The van der Waals surface area contributed by atoms with Crippen molar-refractivity contribution in [1.29, 1.82) is 5.26 Å². The van der Waals surface area contributed by atoms with E-state index in [1.807, 2.05) is 12.1 Å². The Kier molecular flexibility index (Phi) is 12.2. The van der Waals surface area contributed by atoms with Crippen molar-refractivity contribution in [3.05, 3.63) is 111 Å². The Balaban J connectivity index is 1.17. The molecule has 0 radical (unpaired) electrons. The lowest BCUT2D eigenvalue weighted by Crippen LogP contribution is -2.29. The normalized spacial score (nSPS) is 15.3. The molecule has 7 nitrogen and oxygen atoms in total. The molecule has 1 aromatic heterocycles. The van der Waals surface area contributed by atoms with E-state index >= 15 is 0 Å². The average molecular weight is 679 g/mol. The van der Waals surface area contributed by atoms with Gasteiger partial charge in [-0.25, -0.2) is 0 Å². The van der Waals surface area contributed by atoms with E-state index in [0.717, 1.165) is 55.2 Å². The molecular formula is C41H47ClN4O3. The van der Waals surface area contributed by atoms with Crippen LogP contribution in [0.25, 0.3) is 11.1 Å². The van der Waals surface area contributed by atoms with Gasteiger partial charge in [0, 0.05) is 42.7 Å². The van der Waals surface area contributed by atoms with E-state index in [1.165, 1.54) is 73.0 Å². The number of ether oxygens (including phenoxy) is 3. The molecule has 2 fully saturated rings. The smallest absolute Gasteiger partial charge is 0.142 e. The topological polar surface area (TPSA) is 70.9 Å². The van der Waals surface area contributed by atoms with Gasteiger partial charge in [0.1, 0.15) is 30.8 Å². The Morgan fingerprint density at radius 3 is 2.10 bits per heavy atom. The fourth-order valence-electron chi connectivity index (χ4n) is 6.89. The summed E-state index contributed by atoms with van der Waals surface area (Å²) in [6, 6.07) is 20.8. The minimum Gasteiger partial charge on any atom is -0.488 e. The third-order valence-electron chi connectivity index (χ3n) is 9.85. The van der Waals surface area contributed by atoms with Gasteiger partial charge in [-0.15, -0.1) is 0 Å². The van der Waals surface area contributed by atoms with Crippen LogP contribution in [0, 0.1) is 25.2 Å². The number of pyridine rings is 1. The summed E-state index contributed by atoms with van der Waals surface area (Å²) in [5.41, 5.74) is 9.52. The number of likely N-dealkylation sites (tertiary alicyclic amines) is 2. The number of halogens is 1. The zero-order chi connectivity index (χ0) is 34.0. The summed E-state index contributed by atoms with van der Waals surface area (Å²) < 4.78 is 18.9. The standard InChI is InChI=1S/C41H47ClN4O3/c1-30-34(28-47-19-18-45-14-6-7-15-45)10-8-12-37(30)38-13-9-11-35(31(38)2)29-49-41-22-40(48-27-33-20-32(23-43)24-44-25-33)36(21-39(41)42)26-46-16-4-3-5-17-46/h8-13,20-22,24-25H,3-7,14-19,26-29H2,1-2H3. The van der Waals surface area contributed by atoms with E-state index in [4.69, 9.17) is 25.8 Å². The van der Waals surface area contributed by atoms with Crippen molar-refractivity contribution in [2.75, 3.05) is 39.3 Å². The Labute approximate surface area is 296 Å². The number of hydrogen-bond donors (Lipinski definition) is 0. The molecule has 0 aliphatic carbocycles. The summed E-state index contributed by atoms with van der Waals surface area (Å²) in [4.78, 5) is 9.13. The van der Waals surface area contributed by atoms with Crippen molar-refractivity contribution in [3.63, 3.8) is 0 Å². The molecule has 256 valence electrons. The number of nitriles is 1. The molecule has 0 spiro atoms. The number of aromatic nitrogens is 1. The lowest BCUT2D eigenvalue weighted by molar-refractivity contribution is 0.0990. The highest BCUT2D eigenvalue weighted by atomic mass is 35.5. The van der Waals surface area contributed by atoms with Crippen LogP contribution in [0.5, 0.6) is 11.5 Å². The quantitative estimate of drug-likeness (QED) is 0.124. The van der Waals surface area contributed by atoms with Gasteiger partial charge in [0.25, 0.3) is 0 Å². The van der Waals surface area contributed by atoms with Gasteiger partial charge in [0.15, 0.2) is 0 Å². The molecule has 0 N–H and O–H groups in total. The maximum Gasteiger partial charge on any atom is 0.142 e. The molecule has 3 aromatic carbocycles. The van der Waals surface area contributed by atoms with Gasteiger partial charge in [-0.1, -0.05) is 54.4 Å². The molecule has 0 bridgehead atoms. The molecule has 0 saturated carbocycles. The average Bonchev–Trinajstić information content (AvgIpc) is 3.65. The number of nitrogens with zero attached hydrogens (tertiary/aromatic N) is 4. The first-order valence-electron chi connectivity index (χ1n) is 17.6. The van der Waals surface area contributed by atoms with Crippen LogP contribution in [0.15, 0.2) is 67.0 Å². The fraction of sp³-hybridized carbons (Fsp3) is 0.415. The van der Waals surface area contributed by atoms with Crippen LogP contribution in [-0.4, -0.2) is 54.1 Å². The number of rotatable bonds is 14. The monoisotopic (exact) mass is 678 g/mol. The highest BCUT2D eigenvalue weighted by molar-refractivity contribution is 6.32. The maximum absolute atomic E-state index is 9.32. The van der Waals surface area contributed by atoms with Crippen molar-refractivity contribution in [2.24, 2.45) is 0 Å². The zero-order valence-electron chi connectivity index (χ0n) is 28.8. The summed E-state index contributed by atoms with van der Waals surface area (Å²) in [5.74, 6) is 1.31. The number of hydrogen-bond acceptors (Lipinski definition) is 7. The molecule has 3 heterocycles. The molecule has 0 atom stereocenters. The van der Waals surface area contributed by atoms with Crippen molar-refractivity contribution >= 4 is 11.6 Å². The Morgan fingerprint density at radius 1 is 0.735 bits per heavy atom. The summed E-state index contributed by atoms with van der Waals surface area (Å²) in [5, 5.41) is 9.88. The van der Waals surface area contributed by atoms with Crippen molar-refractivity contribution in [2.45, 2.75) is 72.3 Å². The van der Waals surface area contributed by atoms with E-state index in [-0.39, 0.29) is 0 Å². The molecular weight excluding hydrogens is 632 g/mol. The van der Waals surface area contributed by atoms with Gasteiger partial charge < -0.3 is 19.1 Å². The molecule has 0 unspecified atom stereocenters. The number of piperidine rings is 1. The Hall–Kier alpha value is -3.93. The van der Waals surface area contributed by atoms with Gasteiger partial charge in [-0.2, -0.15) is 5.26 Å². The highest BCUT2D eigenvalue weighted by Gasteiger charge is 2.18. The largest absolute Gasteiger partial charge is 0.488 e. The minimum atomic E-state index is 0.291. The van der Waals surface area contributed by atoms with E-state index in [0.29, 0.717) is 36.2 Å². The number of benzene rings is 3. The first-order chi connectivity index (χ1) is 24.0. The highest BCUT2D eigenvalue weighted by Crippen LogP contribution is 2.36. The van der Waals surface area contributed by atoms with Gasteiger partial charge in [0.2, 0.25) is 0 Å². The van der Waals surface area contributed by atoms with Gasteiger partial charge in [0.05, 0.1) is 23.8 Å². The molecule has 0 amide bonds. The van der Waals surface area contributed by atoms with Crippen LogP contribution in [0.2, 0.25) is 5.02 Å². The third kappa shape index (κ3) is 9.20. The second kappa shape index (κ2) is 17.1. The molecule has 4 aromatic rings. The second-order valence-electron chi connectivity index (χ2n) is 13.3. The molecule has 2 aliphatic rings. The van der Waals surface area contributed by atoms with E-state index < -0.39 is 0 Å². The lowest BCUT2D eigenvalue weighted by atomic mass is 9.92. The first kappa shape index (κ1) is 34.9. The van der Waals surface area contributed by atoms with Gasteiger partial charge in [-0.05, 0) is 111 Å². The Morgan fingerprint density at radius 2 is 1.39 bits per heavy atom. The van der Waals surface area contributed by atoms with Crippen LogP contribution in [0.3, 0.4) is 0 Å². The van der Waals surface area contributed by atoms with Crippen LogP contribution in [0.1, 0.15) is 71.0 Å². The predicted molar refractivity (Wildman–Crippen MR) is 195 cm³/mol. The summed E-state index contributed by atoms with van der Waals surface area (Å²) in [6.45, 7) is 12.7. The summed E-state index contributed by atoms with van der Waals surface area (Å²) in [7, 11) is 0. The summed E-state index contributed by atoms with van der Waals surface area (Å²) >= 11 is 6.88. The molecule has 2 saturated heterocycles. The molecule has 49 heavy (non-hydrogen) atoms. The van der Waals surface area contributed by atoms with Crippen LogP contribution < -0.4 is 9.47 Å². The molecule has 2 aliphatic heterocycles. The fourth-order valence-corrected chi connectivity index (χ4v) is 7.13. The van der Waals surface area contributed by atoms with Crippen molar-refractivity contribution < 1.29 is 14.2 Å². The zero-order valence-corrected chi connectivity index (χ0v) is 29.6. The third-order valence-corrected chi connectivity index (χ3v) is 10.1. The van der Waals surface area contributed by atoms with Crippen molar-refractivity contribution in [3.8, 4) is 28.7 Å². The predicted octanol–water partition coefficient (Wildman–Crippen LogP) is 8.65. The van der Waals surface area contributed by atoms with Crippen LogP contribution in [0.4, 0.5) is 0 Å². The van der Waals surface area contributed by atoms with E-state index in [9.17, 15) is 5.26 Å². The maximum atomic E-state index is 9.32.